The highest BCUT2D eigenvalue weighted by atomic mass is 32.2. The Kier molecular flexibility index (Phi) is 5.58. The van der Waals surface area contributed by atoms with E-state index in [2.05, 4.69) is 39.1 Å². The van der Waals surface area contributed by atoms with Gasteiger partial charge < -0.3 is 5.11 Å². The summed E-state index contributed by atoms with van der Waals surface area (Å²) >= 11 is 0. The Labute approximate surface area is 223 Å². The highest BCUT2D eigenvalue weighted by Crippen LogP contribution is 2.69. The fourth-order valence-corrected chi connectivity index (χ4v) is 6.83. The van der Waals surface area contributed by atoms with Gasteiger partial charge in [-0.1, -0.05) is 13.8 Å². The monoisotopic (exact) mass is 553 g/mol. The lowest BCUT2D eigenvalue weighted by Crippen LogP contribution is -2.38. The molecule has 39 heavy (non-hydrogen) atoms. The quantitative estimate of drug-likeness (QED) is 0.381. The van der Waals surface area contributed by atoms with Crippen molar-refractivity contribution in [3.05, 3.63) is 71.2 Å². The minimum Gasteiger partial charge on any atom is -0.505 e. The summed E-state index contributed by atoms with van der Waals surface area (Å²) < 4.78 is 53.7. The van der Waals surface area contributed by atoms with Crippen LogP contribution in [0, 0.1) is 17.0 Å². The lowest BCUT2D eigenvalue weighted by molar-refractivity contribution is 0.242. The molecule has 0 aliphatic heterocycles. The van der Waals surface area contributed by atoms with E-state index in [1.165, 1.54) is 11.0 Å². The van der Waals surface area contributed by atoms with Crippen LogP contribution in [0.5, 0.6) is 5.75 Å². The van der Waals surface area contributed by atoms with Crippen LogP contribution in [0.4, 0.5) is 8.78 Å². The molecular weight excluding hydrogens is 528 g/mol. The predicted molar refractivity (Wildman–Crippen MR) is 136 cm³/mol. The third-order valence-electron chi connectivity index (χ3n) is 8.23. The molecule has 1 N–H and O–H groups in total. The number of aromatic nitrogens is 7. The highest BCUT2D eigenvalue weighted by molar-refractivity contribution is 7.90. The third-order valence-corrected chi connectivity index (χ3v) is 9.18. The zero-order chi connectivity index (χ0) is 27.7. The lowest BCUT2D eigenvalue weighted by atomic mass is 9.66. The van der Waals surface area contributed by atoms with Crippen molar-refractivity contribution in [1.82, 2.24) is 34.9 Å². The van der Waals surface area contributed by atoms with Crippen molar-refractivity contribution in [2.45, 2.75) is 44.4 Å². The molecule has 2 aliphatic carbocycles. The molecular formula is C26H25F2N7O3S. The van der Waals surface area contributed by atoms with Gasteiger partial charge in [0.25, 0.3) is 5.95 Å². The van der Waals surface area contributed by atoms with E-state index in [-0.39, 0.29) is 35.1 Å². The van der Waals surface area contributed by atoms with E-state index in [1.54, 1.807) is 12.3 Å². The average Bonchev–Trinajstić information content (AvgIpc) is 3.53. The Morgan fingerprint density at radius 1 is 1.15 bits per heavy atom. The van der Waals surface area contributed by atoms with Crippen molar-refractivity contribution in [3.8, 4) is 23.0 Å². The first-order valence-electron chi connectivity index (χ1n) is 12.4. The number of hydrogen-bond donors (Lipinski definition) is 1. The molecule has 0 amide bonds. The standard InChI is InChI=1S/C26H25F2N7O3S/c1-25(2)15-6-9-26(25,23-14(15)12-17(32-33-23)21-16(27)4-5-18(36)22(21)28)19-7-10-29-24(31-19)35-13-30-20(34-35)8-11-39(3,37)38/h4-5,7,10,12-13,15,36H,6,8-9,11H2,1-3H3/t15?,26-/m0/s1. The second-order valence-corrected chi connectivity index (χ2v) is 13.0. The number of sulfone groups is 1. The van der Waals surface area contributed by atoms with Crippen LogP contribution in [0.2, 0.25) is 0 Å². The number of rotatable bonds is 6. The third kappa shape index (κ3) is 3.81. The molecule has 1 saturated carbocycles. The van der Waals surface area contributed by atoms with Crippen molar-refractivity contribution >= 4 is 9.84 Å². The zero-order valence-corrected chi connectivity index (χ0v) is 22.2. The SMILES string of the molecule is CC1(C)C2CC[C@]1(c1ccnc(-n3cnc(CCS(C)(=O)=O)n3)n1)c1nnc(-c3c(F)ccc(O)c3F)cc12. The largest absolute Gasteiger partial charge is 0.505 e. The maximum atomic E-state index is 14.7. The summed E-state index contributed by atoms with van der Waals surface area (Å²) in [5.74, 6) is -1.95. The maximum absolute atomic E-state index is 14.7. The average molecular weight is 554 g/mol. The van der Waals surface area contributed by atoms with Crippen molar-refractivity contribution in [1.29, 1.82) is 0 Å². The predicted octanol–water partition coefficient (Wildman–Crippen LogP) is 3.29. The van der Waals surface area contributed by atoms with Crippen LogP contribution in [-0.4, -0.2) is 60.5 Å². The van der Waals surface area contributed by atoms with Crippen LogP contribution in [0.3, 0.4) is 0 Å². The van der Waals surface area contributed by atoms with E-state index < -0.39 is 38.2 Å². The number of halogens is 2. The first-order chi connectivity index (χ1) is 18.4. The van der Waals surface area contributed by atoms with Gasteiger partial charge in [-0.25, -0.2) is 32.2 Å². The van der Waals surface area contributed by atoms with Gasteiger partial charge in [-0.05, 0) is 54.0 Å². The van der Waals surface area contributed by atoms with Crippen molar-refractivity contribution in [2.24, 2.45) is 5.41 Å². The van der Waals surface area contributed by atoms with Crippen molar-refractivity contribution < 1.29 is 22.3 Å². The number of fused-ring (bicyclic) bond motifs is 5. The summed E-state index contributed by atoms with van der Waals surface area (Å²) in [6, 6.07) is 5.46. The first-order valence-corrected chi connectivity index (χ1v) is 14.5. The van der Waals surface area contributed by atoms with Crippen LogP contribution in [0.1, 0.15) is 55.4 Å². The number of benzene rings is 1. The fourth-order valence-electron chi connectivity index (χ4n) is 6.27. The molecule has 3 heterocycles. The Hall–Kier alpha value is -3.87. The molecule has 10 nitrogen and oxygen atoms in total. The lowest BCUT2D eigenvalue weighted by Gasteiger charge is -2.37. The minimum absolute atomic E-state index is 0.0192. The second-order valence-electron chi connectivity index (χ2n) is 10.7. The summed E-state index contributed by atoms with van der Waals surface area (Å²) in [6.07, 6.45) is 5.97. The Morgan fingerprint density at radius 2 is 1.95 bits per heavy atom. The van der Waals surface area contributed by atoms with Crippen LogP contribution >= 0.6 is 0 Å². The topological polar surface area (TPSA) is 137 Å². The van der Waals surface area contributed by atoms with Gasteiger partial charge in [-0.3, -0.25) is 0 Å². The van der Waals surface area contributed by atoms with Gasteiger partial charge in [0, 0.05) is 18.9 Å². The summed E-state index contributed by atoms with van der Waals surface area (Å²) in [5, 5.41) is 22.9. The molecule has 13 heteroatoms. The second kappa shape index (κ2) is 8.57. The van der Waals surface area contributed by atoms with Crippen LogP contribution in [0.15, 0.2) is 36.8 Å². The molecule has 2 bridgehead atoms. The van der Waals surface area contributed by atoms with E-state index in [1.807, 2.05) is 6.07 Å². The zero-order valence-electron chi connectivity index (χ0n) is 21.4. The molecule has 0 saturated heterocycles. The van der Waals surface area contributed by atoms with Gasteiger partial charge in [0.15, 0.2) is 17.4 Å². The Balaban J connectivity index is 1.42. The molecule has 1 fully saturated rings. The number of aromatic hydroxyl groups is 1. The fraction of sp³-hybridized carbons (Fsp3) is 0.385. The number of aryl methyl sites for hydroxylation is 1. The summed E-state index contributed by atoms with van der Waals surface area (Å²) in [6.45, 7) is 4.25. The van der Waals surface area contributed by atoms with Crippen LogP contribution in [0.25, 0.3) is 17.2 Å². The molecule has 4 aromatic rings. The van der Waals surface area contributed by atoms with Gasteiger partial charge in [-0.2, -0.15) is 9.78 Å². The molecule has 3 aromatic heterocycles. The molecule has 1 unspecified atom stereocenters. The van der Waals surface area contributed by atoms with Crippen LogP contribution < -0.4 is 0 Å². The molecule has 0 radical (unpaired) electrons. The van der Waals surface area contributed by atoms with E-state index in [9.17, 15) is 22.3 Å². The van der Waals surface area contributed by atoms with Gasteiger partial charge >= 0.3 is 0 Å². The Bertz CT molecular complexity index is 1740. The molecule has 2 atom stereocenters. The van der Waals surface area contributed by atoms with Crippen molar-refractivity contribution in [2.75, 3.05) is 12.0 Å². The van der Waals surface area contributed by atoms with Crippen LogP contribution in [-0.2, 0) is 21.7 Å². The Morgan fingerprint density at radius 3 is 2.72 bits per heavy atom. The van der Waals surface area contributed by atoms with Gasteiger partial charge in [-0.15, -0.1) is 10.2 Å². The molecule has 6 rings (SSSR count). The summed E-state index contributed by atoms with van der Waals surface area (Å²) in [4.78, 5) is 13.4. The molecule has 2 aliphatic rings. The van der Waals surface area contributed by atoms with Gasteiger partial charge in [0.05, 0.1) is 33.8 Å². The van der Waals surface area contributed by atoms with E-state index in [0.29, 0.717) is 17.2 Å². The number of phenols is 1. The molecule has 202 valence electrons. The normalized spacial score (nSPS) is 21.3. The summed E-state index contributed by atoms with van der Waals surface area (Å²) in [5.41, 5.74) is 0.878. The van der Waals surface area contributed by atoms with E-state index >= 15 is 0 Å². The number of nitrogens with zero attached hydrogens (tertiary/aromatic N) is 7. The smallest absolute Gasteiger partial charge is 0.252 e. The van der Waals surface area contributed by atoms with Gasteiger partial charge in [0.1, 0.15) is 22.0 Å². The molecule has 0 spiro atoms. The first kappa shape index (κ1) is 25.4. The summed E-state index contributed by atoms with van der Waals surface area (Å²) in [7, 11) is -3.16. The minimum atomic E-state index is -3.16. The van der Waals surface area contributed by atoms with E-state index in [0.717, 1.165) is 36.8 Å². The molecule has 1 aromatic carbocycles. The number of hydrogen-bond acceptors (Lipinski definition) is 9. The van der Waals surface area contributed by atoms with Crippen molar-refractivity contribution in [3.63, 3.8) is 0 Å². The van der Waals surface area contributed by atoms with E-state index in [4.69, 9.17) is 4.98 Å². The maximum Gasteiger partial charge on any atom is 0.252 e. The highest BCUT2D eigenvalue weighted by Gasteiger charge is 2.65. The van der Waals surface area contributed by atoms with Gasteiger partial charge in [0.2, 0.25) is 0 Å². The number of phenolic OH excluding ortho intramolecular Hbond substituents is 1.